The number of para-hydroxylation sites is 1. The molecule has 35 heavy (non-hydrogen) atoms. The molecule has 0 atom stereocenters. The van der Waals surface area contributed by atoms with Crippen LogP contribution in [0.15, 0.2) is 87.2 Å². The van der Waals surface area contributed by atoms with Crippen LogP contribution >= 0.6 is 0 Å². The van der Waals surface area contributed by atoms with Crippen molar-refractivity contribution in [2.75, 3.05) is 19.5 Å². The van der Waals surface area contributed by atoms with Crippen LogP contribution in [0.4, 0.5) is 5.69 Å². The van der Waals surface area contributed by atoms with Gasteiger partial charge in [-0.1, -0.05) is 35.9 Å². The fourth-order valence-corrected chi connectivity index (χ4v) is 4.10. The molecule has 0 radical (unpaired) electrons. The zero-order valence-electron chi connectivity index (χ0n) is 19.2. The molecule has 0 saturated carbocycles. The van der Waals surface area contributed by atoms with Crippen LogP contribution in [0, 0.1) is 6.92 Å². The third kappa shape index (κ3) is 5.28. The van der Waals surface area contributed by atoms with Gasteiger partial charge in [-0.25, -0.2) is 0 Å². The maximum atomic E-state index is 13.2. The molecule has 180 valence electrons. The maximum absolute atomic E-state index is 13.2. The Morgan fingerprint density at radius 3 is 2.34 bits per heavy atom. The molecular weight excluding hydrogens is 470 g/mol. The number of methoxy groups -OCH3 is 2. The van der Waals surface area contributed by atoms with E-state index < -0.39 is 15.9 Å². The van der Waals surface area contributed by atoms with Crippen LogP contribution in [0.2, 0.25) is 0 Å². The first-order valence-corrected chi connectivity index (χ1v) is 12.0. The molecule has 1 heterocycles. The second-order valence-electron chi connectivity index (χ2n) is 7.55. The van der Waals surface area contributed by atoms with Gasteiger partial charge in [0.1, 0.15) is 11.1 Å². The van der Waals surface area contributed by atoms with Crippen molar-refractivity contribution < 1.29 is 27.1 Å². The van der Waals surface area contributed by atoms with Crippen LogP contribution in [-0.4, -0.2) is 28.5 Å². The third-order valence-electron chi connectivity index (χ3n) is 5.14. The summed E-state index contributed by atoms with van der Waals surface area (Å²) in [5, 5.41) is 7.34. The van der Waals surface area contributed by atoms with Crippen LogP contribution in [-0.2, 0) is 10.0 Å². The van der Waals surface area contributed by atoms with E-state index in [-0.39, 0.29) is 16.0 Å². The van der Waals surface area contributed by atoms with Gasteiger partial charge in [0.25, 0.3) is 15.9 Å². The van der Waals surface area contributed by atoms with Crippen molar-refractivity contribution in [1.29, 1.82) is 0 Å². The van der Waals surface area contributed by atoms with Gasteiger partial charge in [-0.3, -0.25) is 4.79 Å². The number of carbonyl (C=O) groups excluding carboxylic acids is 1. The molecule has 0 fully saturated rings. The van der Waals surface area contributed by atoms with E-state index in [9.17, 15) is 13.2 Å². The number of nitrogens with one attached hydrogen (secondary N) is 2. The van der Waals surface area contributed by atoms with Gasteiger partial charge in [-0.15, -0.1) is 5.10 Å². The van der Waals surface area contributed by atoms with Crippen molar-refractivity contribution in [3.8, 4) is 11.5 Å². The number of carbonyl (C=O) groups is 1. The third-order valence-corrected chi connectivity index (χ3v) is 6.36. The zero-order valence-corrected chi connectivity index (χ0v) is 20.0. The molecule has 0 bridgehead atoms. The molecule has 4 rings (SSSR count). The van der Waals surface area contributed by atoms with Crippen LogP contribution < -0.4 is 25.2 Å². The highest BCUT2D eigenvalue weighted by Gasteiger charge is 2.17. The summed E-state index contributed by atoms with van der Waals surface area (Å²) in [5.74, 6) is 0.386. The van der Waals surface area contributed by atoms with Crippen LogP contribution in [0.25, 0.3) is 11.0 Å². The molecule has 0 aliphatic rings. The second kappa shape index (κ2) is 9.90. The minimum absolute atomic E-state index is 0.0315. The number of sulfonamides is 1. The summed E-state index contributed by atoms with van der Waals surface area (Å²) in [7, 11) is -0.984. The lowest BCUT2D eigenvalue weighted by Gasteiger charge is -2.11. The lowest BCUT2D eigenvalue weighted by molar-refractivity contribution is 0.102. The molecule has 0 spiro atoms. The zero-order chi connectivity index (χ0) is 25.0. The smallest absolute Gasteiger partial charge is 0.276 e. The van der Waals surface area contributed by atoms with Crippen molar-refractivity contribution in [2.24, 2.45) is 5.10 Å². The molecule has 10 heteroatoms. The Balaban J connectivity index is 1.73. The Morgan fingerprint density at radius 1 is 0.914 bits per heavy atom. The second-order valence-corrected chi connectivity index (χ2v) is 9.21. The highest BCUT2D eigenvalue weighted by molar-refractivity contribution is 7.89. The fraction of sp³-hybridized carbons (Fsp3) is 0.120. The van der Waals surface area contributed by atoms with E-state index in [1.54, 1.807) is 60.7 Å². The first-order valence-electron chi connectivity index (χ1n) is 10.5. The number of hydrogen-bond donors (Lipinski definition) is 2. The van der Waals surface area contributed by atoms with Gasteiger partial charge in [0.15, 0.2) is 11.5 Å². The number of ether oxygens (including phenoxy) is 2. The topological polar surface area (TPSA) is 119 Å². The standard InChI is InChI=1S/C25H23N3O6S/c1-16-8-11-19(12-9-16)35(30,31)28-27-25-20(14-17-6-4-5-7-21(17)34-25)24(29)26-18-10-13-22(32-2)23(15-18)33-3/h4-15,28H,1-3H3,(H,26,29)/b27-25+. The number of amides is 1. The van der Waals surface area contributed by atoms with Gasteiger partial charge in [0, 0.05) is 17.1 Å². The summed E-state index contributed by atoms with van der Waals surface area (Å²) in [6.07, 6.45) is 0. The Kier molecular flexibility index (Phi) is 6.74. The highest BCUT2D eigenvalue weighted by Crippen LogP contribution is 2.30. The number of nitrogens with zero attached hydrogens (tertiary/aromatic N) is 1. The van der Waals surface area contributed by atoms with Crippen molar-refractivity contribution in [3.63, 3.8) is 0 Å². The number of anilines is 1. The quantitative estimate of drug-likeness (QED) is 0.378. The highest BCUT2D eigenvalue weighted by atomic mass is 32.2. The first-order chi connectivity index (χ1) is 16.8. The summed E-state index contributed by atoms with van der Waals surface area (Å²) < 4.78 is 41.7. The summed E-state index contributed by atoms with van der Waals surface area (Å²) in [5.41, 5.74) is 1.62. The normalized spacial score (nSPS) is 11.8. The summed E-state index contributed by atoms with van der Waals surface area (Å²) in [4.78, 5) is 15.4. The molecule has 1 amide bonds. The Labute approximate surface area is 202 Å². The van der Waals surface area contributed by atoms with Gasteiger partial charge in [0.2, 0.25) is 5.55 Å². The SMILES string of the molecule is COc1ccc(NC(=O)c2cc3ccccc3o/c2=N/NS(=O)(=O)c2ccc(C)cc2)cc1OC. The molecule has 4 aromatic rings. The van der Waals surface area contributed by atoms with Gasteiger partial charge < -0.3 is 19.2 Å². The molecule has 0 unspecified atom stereocenters. The van der Waals surface area contributed by atoms with Crippen molar-refractivity contribution in [3.05, 3.63) is 89.5 Å². The average molecular weight is 494 g/mol. The maximum Gasteiger partial charge on any atom is 0.276 e. The molecule has 3 aromatic carbocycles. The Bertz CT molecular complexity index is 1560. The average Bonchev–Trinajstić information content (AvgIpc) is 2.87. The largest absolute Gasteiger partial charge is 0.493 e. The molecule has 0 saturated heterocycles. The van der Waals surface area contributed by atoms with E-state index in [1.165, 1.54) is 26.4 Å². The van der Waals surface area contributed by atoms with Crippen molar-refractivity contribution in [1.82, 2.24) is 4.83 Å². The van der Waals surface area contributed by atoms with Gasteiger partial charge in [-0.05, 0) is 43.3 Å². The molecule has 0 aliphatic heterocycles. The number of aryl methyl sites for hydroxylation is 1. The number of fused-ring (bicyclic) bond motifs is 1. The molecule has 2 N–H and O–H groups in total. The lowest BCUT2D eigenvalue weighted by atomic mass is 10.1. The van der Waals surface area contributed by atoms with E-state index in [1.807, 2.05) is 6.92 Å². The monoisotopic (exact) mass is 493 g/mol. The van der Waals surface area contributed by atoms with Gasteiger partial charge in [0.05, 0.1) is 19.1 Å². The number of hydrogen-bond acceptors (Lipinski definition) is 7. The lowest BCUT2D eigenvalue weighted by Crippen LogP contribution is -2.27. The van der Waals surface area contributed by atoms with Gasteiger partial charge >= 0.3 is 0 Å². The molecule has 0 aliphatic carbocycles. The van der Waals surface area contributed by atoms with Crippen molar-refractivity contribution in [2.45, 2.75) is 11.8 Å². The fourth-order valence-electron chi connectivity index (χ4n) is 3.30. The first kappa shape index (κ1) is 23.8. The molecule has 9 nitrogen and oxygen atoms in total. The molecule has 1 aromatic heterocycles. The summed E-state index contributed by atoms with van der Waals surface area (Å²) >= 11 is 0. The van der Waals surface area contributed by atoms with E-state index in [2.05, 4.69) is 15.2 Å². The van der Waals surface area contributed by atoms with Crippen LogP contribution in [0.3, 0.4) is 0 Å². The summed E-state index contributed by atoms with van der Waals surface area (Å²) in [6, 6.07) is 19.8. The van der Waals surface area contributed by atoms with Crippen LogP contribution in [0.5, 0.6) is 11.5 Å². The minimum atomic E-state index is -3.99. The van der Waals surface area contributed by atoms with Gasteiger partial charge in [-0.2, -0.15) is 13.2 Å². The molecular formula is C25H23N3O6S. The number of benzene rings is 3. The van der Waals surface area contributed by atoms with Crippen molar-refractivity contribution >= 4 is 32.6 Å². The van der Waals surface area contributed by atoms with E-state index in [4.69, 9.17) is 13.9 Å². The van der Waals surface area contributed by atoms with E-state index in [0.29, 0.717) is 28.2 Å². The Morgan fingerprint density at radius 2 is 1.63 bits per heavy atom. The minimum Gasteiger partial charge on any atom is -0.493 e. The van der Waals surface area contributed by atoms with E-state index in [0.717, 1.165) is 5.56 Å². The summed E-state index contributed by atoms with van der Waals surface area (Å²) in [6.45, 7) is 1.85. The predicted octanol–water partition coefficient (Wildman–Crippen LogP) is 3.80. The van der Waals surface area contributed by atoms with E-state index >= 15 is 0 Å². The predicted molar refractivity (Wildman–Crippen MR) is 131 cm³/mol. The number of rotatable bonds is 7. The van der Waals surface area contributed by atoms with Crippen LogP contribution in [0.1, 0.15) is 15.9 Å². The Hall–Kier alpha value is -4.31.